The molecule has 0 spiro atoms. The van der Waals surface area contributed by atoms with Crippen molar-refractivity contribution in [2.45, 2.75) is 6.92 Å². The molecule has 82 valence electrons. The highest BCUT2D eigenvalue weighted by Crippen LogP contribution is 2.19. The van der Waals surface area contributed by atoms with Crippen molar-refractivity contribution in [2.24, 2.45) is 0 Å². The number of nitrogens with zero attached hydrogens (tertiary/aromatic N) is 1. The first-order valence-corrected chi connectivity index (χ1v) is 6.38. The summed E-state index contributed by atoms with van der Waals surface area (Å²) >= 11 is 4.75. The smallest absolute Gasteiger partial charge is 0.137 e. The monoisotopic (exact) mass is 297 g/mol. The maximum atomic E-state index is 13.0. The topological polar surface area (TPSA) is 12.9 Å². The molecule has 0 atom stereocenters. The zero-order valence-corrected chi connectivity index (χ0v) is 11.0. The van der Waals surface area contributed by atoms with Crippen LogP contribution in [0.4, 0.5) is 4.39 Å². The largest absolute Gasteiger partial charge is 0.242 e. The number of hydrogen-bond donors (Lipinski definition) is 0. The standard InChI is InChI=1S/C12H9BrFNS/c1-8-7-16-12(15-8)5-3-9-2-4-11(14)10(13)6-9/h2-7H,1H3/b5-3+. The van der Waals surface area contributed by atoms with Crippen molar-refractivity contribution >= 4 is 39.4 Å². The molecule has 0 amide bonds. The molecular weight excluding hydrogens is 289 g/mol. The molecule has 0 N–H and O–H groups in total. The highest BCUT2D eigenvalue weighted by atomic mass is 79.9. The number of aryl methyl sites for hydroxylation is 1. The van der Waals surface area contributed by atoms with Gasteiger partial charge in [0.15, 0.2) is 0 Å². The Labute approximate surface area is 106 Å². The molecule has 0 fully saturated rings. The molecule has 0 aliphatic carbocycles. The third-order valence-corrected chi connectivity index (χ3v) is 3.53. The molecule has 0 unspecified atom stereocenters. The van der Waals surface area contributed by atoms with Crippen LogP contribution in [0.15, 0.2) is 28.1 Å². The fourth-order valence-electron chi connectivity index (χ4n) is 1.23. The average Bonchev–Trinajstić information content (AvgIpc) is 2.66. The van der Waals surface area contributed by atoms with Crippen LogP contribution >= 0.6 is 27.3 Å². The number of halogens is 2. The van der Waals surface area contributed by atoms with Crippen LogP contribution in [0.3, 0.4) is 0 Å². The zero-order valence-electron chi connectivity index (χ0n) is 8.58. The maximum Gasteiger partial charge on any atom is 0.137 e. The van der Waals surface area contributed by atoms with E-state index in [1.165, 1.54) is 6.07 Å². The van der Waals surface area contributed by atoms with E-state index in [-0.39, 0.29) is 5.82 Å². The minimum atomic E-state index is -0.248. The molecule has 0 bridgehead atoms. The number of aromatic nitrogens is 1. The van der Waals surface area contributed by atoms with Gasteiger partial charge in [-0.25, -0.2) is 9.37 Å². The predicted octanol–water partition coefficient (Wildman–Crippen LogP) is 4.52. The van der Waals surface area contributed by atoms with Crippen molar-refractivity contribution in [3.8, 4) is 0 Å². The Morgan fingerprint density at radius 1 is 1.38 bits per heavy atom. The second-order valence-electron chi connectivity index (χ2n) is 3.33. The lowest BCUT2D eigenvalue weighted by Gasteiger charge is -1.96. The summed E-state index contributed by atoms with van der Waals surface area (Å²) in [7, 11) is 0. The van der Waals surface area contributed by atoms with Gasteiger partial charge in [-0.15, -0.1) is 11.3 Å². The Balaban J connectivity index is 2.20. The van der Waals surface area contributed by atoms with E-state index in [4.69, 9.17) is 0 Å². The van der Waals surface area contributed by atoms with E-state index in [1.54, 1.807) is 23.5 Å². The van der Waals surface area contributed by atoms with Crippen LogP contribution in [0.2, 0.25) is 0 Å². The van der Waals surface area contributed by atoms with Crippen LogP contribution in [0.25, 0.3) is 12.2 Å². The van der Waals surface area contributed by atoms with Gasteiger partial charge in [0.05, 0.1) is 4.47 Å². The van der Waals surface area contributed by atoms with Crippen molar-refractivity contribution < 1.29 is 4.39 Å². The summed E-state index contributed by atoms with van der Waals surface area (Å²) in [5.74, 6) is -0.248. The van der Waals surface area contributed by atoms with Gasteiger partial charge in [-0.3, -0.25) is 0 Å². The summed E-state index contributed by atoms with van der Waals surface area (Å²) < 4.78 is 13.5. The van der Waals surface area contributed by atoms with Gasteiger partial charge in [-0.1, -0.05) is 12.1 Å². The van der Waals surface area contributed by atoms with Crippen LogP contribution in [0, 0.1) is 12.7 Å². The lowest BCUT2D eigenvalue weighted by Crippen LogP contribution is -1.78. The molecule has 0 aliphatic rings. The van der Waals surface area contributed by atoms with E-state index in [2.05, 4.69) is 20.9 Å². The lowest BCUT2D eigenvalue weighted by molar-refractivity contribution is 0.621. The molecule has 2 aromatic rings. The van der Waals surface area contributed by atoms with Crippen LogP contribution in [-0.4, -0.2) is 4.98 Å². The van der Waals surface area contributed by atoms with Crippen molar-refractivity contribution in [2.75, 3.05) is 0 Å². The van der Waals surface area contributed by atoms with Gasteiger partial charge < -0.3 is 0 Å². The van der Waals surface area contributed by atoms with Crippen LogP contribution < -0.4 is 0 Å². The Morgan fingerprint density at radius 2 is 2.19 bits per heavy atom. The number of hydrogen-bond acceptors (Lipinski definition) is 2. The van der Waals surface area contributed by atoms with Crippen LogP contribution in [0.1, 0.15) is 16.3 Å². The second kappa shape index (κ2) is 4.89. The molecule has 1 aromatic carbocycles. The molecule has 0 aliphatic heterocycles. The molecule has 2 rings (SSSR count). The summed E-state index contributed by atoms with van der Waals surface area (Å²) in [6.45, 7) is 1.96. The molecule has 1 aromatic heterocycles. The summed E-state index contributed by atoms with van der Waals surface area (Å²) in [4.78, 5) is 4.31. The average molecular weight is 298 g/mol. The molecule has 4 heteroatoms. The van der Waals surface area contributed by atoms with E-state index in [0.717, 1.165) is 16.3 Å². The molecular formula is C12H9BrFNS. The van der Waals surface area contributed by atoms with E-state index in [0.29, 0.717) is 4.47 Å². The summed E-state index contributed by atoms with van der Waals surface area (Å²) in [5.41, 5.74) is 1.96. The fraction of sp³-hybridized carbons (Fsp3) is 0.0833. The second-order valence-corrected chi connectivity index (χ2v) is 5.08. The minimum absolute atomic E-state index is 0.248. The van der Waals surface area contributed by atoms with Gasteiger partial charge in [0.1, 0.15) is 10.8 Å². The van der Waals surface area contributed by atoms with E-state index in [9.17, 15) is 4.39 Å². The van der Waals surface area contributed by atoms with Crippen molar-refractivity contribution in [3.05, 3.63) is 50.1 Å². The Bertz CT molecular complexity index is 534. The lowest BCUT2D eigenvalue weighted by atomic mass is 10.2. The summed E-state index contributed by atoms with van der Waals surface area (Å²) in [6, 6.07) is 4.92. The first kappa shape index (κ1) is 11.5. The van der Waals surface area contributed by atoms with Crippen molar-refractivity contribution in [3.63, 3.8) is 0 Å². The van der Waals surface area contributed by atoms with Crippen molar-refractivity contribution in [1.82, 2.24) is 4.98 Å². The Morgan fingerprint density at radius 3 is 2.81 bits per heavy atom. The fourth-order valence-corrected chi connectivity index (χ4v) is 2.32. The first-order chi connectivity index (χ1) is 7.65. The van der Waals surface area contributed by atoms with Crippen LogP contribution in [-0.2, 0) is 0 Å². The maximum absolute atomic E-state index is 13.0. The molecule has 1 heterocycles. The van der Waals surface area contributed by atoms with Gasteiger partial charge in [0.2, 0.25) is 0 Å². The summed E-state index contributed by atoms with van der Waals surface area (Å²) in [6.07, 6.45) is 3.85. The molecule has 1 nitrogen and oxygen atoms in total. The predicted molar refractivity (Wildman–Crippen MR) is 69.9 cm³/mol. The number of thiazole rings is 1. The third kappa shape index (κ3) is 2.77. The van der Waals surface area contributed by atoms with E-state index < -0.39 is 0 Å². The Hall–Kier alpha value is -1.00. The molecule has 0 saturated carbocycles. The number of rotatable bonds is 2. The Kier molecular flexibility index (Phi) is 3.51. The molecule has 0 radical (unpaired) electrons. The zero-order chi connectivity index (χ0) is 11.5. The van der Waals surface area contributed by atoms with Crippen molar-refractivity contribution in [1.29, 1.82) is 0 Å². The van der Waals surface area contributed by atoms with Gasteiger partial charge in [-0.05, 0) is 46.6 Å². The first-order valence-electron chi connectivity index (χ1n) is 4.70. The highest BCUT2D eigenvalue weighted by Gasteiger charge is 1.98. The van der Waals surface area contributed by atoms with Gasteiger partial charge in [0.25, 0.3) is 0 Å². The number of benzene rings is 1. The SMILES string of the molecule is Cc1csc(/C=C/c2ccc(F)c(Br)c2)n1. The minimum Gasteiger partial charge on any atom is -0.242 e. The molecule has 16 heavy (non-hydrogen) atoms. The van der Waals surface area contributed by atoms with E-state index >= 15 is 0 Å². The highest BCUT2D eigenvalue weighted by molar-refractivity contribution is 9.10. The van der Waals surface area contributed by atoms with E-state index in [1.807, 2.05) is 24.5 Å². The van der Waals surface area contributed by atoms with Gasteiger partial charge in [0, 0.05) is 11.1 Å². The van der Waals surface area contributed by atoms with Crippen LogP contribution in [0.5, 0.6) is 0 Å². The van der Waals surface area contributed by atoms with Gasteiger partial charge >= 0.3 is 0 Å². The molecule has 0 saturated heterocycles. The normalized spacial score (nSPS) is 11.2. The summed E-state index contributed by atoms with van der Waals surface area (Å²) in [5, 5.41) is 2.96. The van der Waals surface area contributed by atoms with Gasteiger partial charge in [-0.2, -0.15) is 0 Å². The third-order valence-electron chi connectivity index (χ3n) is 2.00. The quantitative estimate of drug-likeness (QED) is 0.794.